The van der Waals surface area contributed by atoms with Crippen molar-refractivity contribution in [1.29, 1.82) is 0 Å². The lowest BCUT2D eigenvalue weighted by Crippen LogP contribution is -2.08. The predicted octanol–water partition coefficient (Wildman–Crippen LogP) is 4.67. The van der Waals surface area contributed by atoms with Crippen LogP contribution in [0.3, 0.4) is 0 Å². The second-order valence-electron chi connectivity index (χ2n) is 4.33. The van der Waals surface area contributed by atoms with Gasteiger partial charge in [-0.1, -0.05) is 35.9 Å². The van der Waals surface area contributed by atoms with E-state index in [0.29, 0.717) is 6.54 Å². The van der Waals surface area contributed by atoms with Gasteiger partial charge in [0.15, 0.2) is 0 Å². The number of halogens is 4. The van der Waals surface area contributed by atoms with Gasteiger partial charge in [-0.3, -0.25) is 0 Å². The minimum Gasteiger partial charge on any atom is -0.365 e. The summed E-state index contributed by atoms with van der Waals surface area (Å²) in [5, 5.41) is 2.89. The van der Waals surface area contributed by atoms with Crippen LogP contribution >= 0.6 is 11.6 Å². The lowest BCUT2D eigenvalue weighted by atomic mass is 10.1. The highest BCUT2D eigenvalue weighted by Crippen LogP contribution is 2.32. The quantitative estimate of drug-likeness (QED) is 0.890. The number of rotatable bonds is 3. The first kappa shape index (κ1) is 14.7. The molecule has 0 unspecified atom stereocenters. The number of aryl methyl sites for hydroxylation is 1. The maximum Gasteiger partial charge on any atom is 0.417 e. The summed E-state index contributed by atoms with van der Waals surface area (Å²) >= 11 is 5.82. The van der Waals surface area contributed by atoms with E-state index in [1.807, 2.05) is 31.2 Å². The number of benzene rings is 1. The van der Waals surface area contributed by atoms with Crippen LogP contribution < -0.4 is 5.32 Å². The highest BCUT2D eigenvalue weighted by atomic mass is 35.5. The average molecular weight is 301 g/mol. The maximum absolute atomic E-state index is 12.5. The Balaban J connectivity index is 2.13. The summed E-state index contributed by atoms with van der Waals surface area (Å²) in [5.41, 5.74) is 1.26. The van der Waals surface area contributed by atoms with Gasteiger partial charge in [-0.25, -0.2) is 4.98 Å². The molecule has 0 atom stereocenters. The molecule has 2 nitrogen and oxygen atoms in total. The molecular weight excluding hydrogens is 289 g/mol. The van der Waals surface area contributed by atoms with E-state index in [2.05, 4.69) is 10.3 Å². The number of alkyl halides is 3. The standard InChI is InChI=1S/C14H12ClF3N2/c1-9-4-2-3-5-10(9)7-19-13-12(15)6-11(8-20-13)14(16,17)18/h2-6,8H,7H2,1H3,(H,19,20). The van der Waals surface area contributed by atoms with Gasteiger partial charge in [-0.05, 0) is 24.1 Å². The van der Waals surface area contributed by atoms with Crippen LogP contribution in [0, 0.1) is 6.92 Å². The number of hydrogen-bond acceptors (Lipinski definition) is 2. The molecule has 6 heteroatoms. The van der Waals surface area contributed by atoms with E-state index >= 15 is 0 Å². The van der Waals surface area contributed by atoms with Crippen LogP contribution in [0.4, 0.5) is 19.0 Å². The molecule has 2 aromatic rings. The molecule has 1 aromatic carbocycles. The average Bonchev–Trinajstić information content (AvgIpc) is 2.38. The van der Waals surface area contributed by atoms with Gasteiger partial charge < -0.3 is 5.32 Å². The molecule has 1 heterocycles. The molecular formula is C14H12ClF3N2. The van der Waals surface area contributed by atoms with Crippen molar-refractivity contribution in [3.8, 4) is 0 Å². The highest BCUT2D eigenvalue weighted by Gasteiger charge is 2.31. The highest BCUT2D eigenvalue weighted by molar-refractivity contribution is 6.32. The smallest absolute Gasteiger partial charge is 0.365 e. The minimum absolute atomic E-state index is 0.0478. The monoisotopic (exact) mass is 300 g/mol. The van der Waals surface area contributed by atoms with Crippen molar-refractivity contribution in [3.05, 3.63) is 58.2 Å². The third kappa shape index (κ3) is 3.42. The van der Waals surface area contributed by atoms with Gasteiger partial charge in [0, 0.05) is 12.7 Å². The lowest BCUT2D eigenvalue weighted by Gasteiger charge is -2.11. The number of aromatic nitrogens is 1. The Morgan fingerprint density at radius 2 is 1.95 bits per heavy atom. The number of nitrogens with one attached hydrogen (secondary N) is 1. The molecule has 1 N–H and O–H groups in total. The molecule has 0 spiro atoms. The normalized spacial score (nSPS) is 11.4. The molecule has 0 amide bonds. The number of pyridine rings is 1. The summed E-state index contributed by atoms with van der Waals surface area (Å²) in [4.78, 5) is 3.73. The van der Waals surface area contributed by atoms with E-state index < -0.39 is 11.7 Å². The van der Waals surface area contributed by atoms with Crippen molar-refractivity contribution in [3.63, 3.8) is 0 Å². The van der Waals surface area contributed by atoms with Crippen LogP contribution in [0.15, 0.2) is 36.5 Å². The van der Waals surface area contributed by atoms with Crippen molar-refractivity contribution in [1.82, 2.24) is 4.98 Å². The minimum atomic E-state index is -4.44. The molecule has 106 valence electrons. The van der Waals surface area contributed by atoms with E-state index in [1.54, 1.807) is 0 Å². The fourth-order valence-electron chi connectivity index (χ4n) is 1.71. The van der Waals surface area contributed by atoms with Gasteiger partial charge in [0.05, 0.1) is 10.6 Å². The van der Waals surface area contributed by atoms with Crippen LogP contribution in [0.1, 0.15) is 16.7 Å². The van der Waals surface area contributed by atoms with Crippen molar-refractivity contribution >= 4 is 17.4 Å². The first-order valence-electron chi connectivity index (χ1n) is 5.89. The topological polar surface area (TPSA) is 24.9 Å². The Hall–Kier alpha value is -1.75. The molecule has 20 heavy (non-hydrogen) atoms. The third-order valence-corrected chi connectivity index (χ3v) is 3.16. The van der Waals surface area contributed by atoms with E-state index in [1.165, 1.54) is 0 Å². The van der Waals surface area contributed by atoms with Crippen LogP contribution in [0.5, 0.6) is 0 Å². The Kier molecular flexibility index (Phi) is 4.18. The molecule has 2 rings (SSSR count). The van der Waals surface area contributed by atoms with Crippen LogP contribution in [0.25, 0.3) is 0 Å². The van der Waals surface area contributed by atoms with E-state index in [-0.39, 0.29) is 10.8 Å². The molecule has 0 saturated carbocycles. The summed E-state index contributed by atoms with van der Waals surface area (Å²) < 4.78 is 37.5. The van der Waals surface area contributed by atoms with Gasteiger partial charge in [0.25, 0.3) is 0 Å². The Labute approximate surface area is 119 Å². The fourth-order valence-corrected chi connectivity index (χ4v) is 1.94. The molecule has 0 aliphatic heterocycles. The zero-order chi connectivity index (χ0) is 14.8. The zero-order valence-electron chi connectivity index (χ0n) is 10.6. The summed E-state index contributed by atoms with van der Waals surface area (Å²) in [6.45, 7) is 2.41. The summed E-state index contributed by atoms with van der Waals surface area (Å²) in [6, 6.07) is 8.57. The van der Waals surface area contributed by atoms with Crippen molar-refractivity contribution < 1.29 is 13.2 Å². The lowest BCUT2D eigenvalue weighted by molar-refractivity contribution is -0.137. The first-order valence-corrected chi connectivity index (χ1v) is 6.27. The van der Waals surface area contributed by atoms with Gasteiger partial charge in [0.2, 0.25) is 0 Å². The predicted molar refractivity (Wildman–Crippen MR) is 72.8 cm³/mol. The largest absolute Gasteiger partial charge is 0.417 e. The third-order valence-electron chi connectivity index (χ3n) is 2.88. The van der Waals surface area contributed by atoms with Gasteiger partial charge in [0.1, 0.15) is 5.82 Å². The Morgan fingerprint density at radius 3 is 2.55 bits per heavy atom. The molecule has 0 bridgehead atoms. The maximum atomic E-state index is 12.5. The first-order chi connectivity index (χ1) is 9.38. The summed E-state index contributed by atoms with van der Waals surface area (Å²) in [5.74, 6) is 0.239. The zero-order valence-corrected chi connectivity index (χ0v) is 11.4. The summed E-state index contributed by atoms with van der Waals surface area (Å²) in [6.07, 6.45) is -3.67. The number of hydrogen-bond donors (Lipinski definition) is 1. The molecule has 0 fully saturated rings. The van der Waals surface area contributed by atoms with Crippen LogP contribution in [0.2, 0.25) is 5.02 Å². The van der Waals surface area contributed by atoms with E-state index in [0.717, 1.165) is 23.4 Å². The van der Waals surface area contributed by atoms with Crippen LogP contribution in [-0.4, -0.2) is 4.98 Å². The molecule has 0 aliphatic carbocycles. The van der Waals surface area contributed by atoms with Crippen molar-refractivity contribution in [2.75, 3.05) is 5.32 Å². The van der Waals surface area contributed by atoms with E-state index in [9.17, 15) is 13.2 Å². The van der Waals surface area contributed by atoms with Gasteiger partial charge >= 0.3 is 6.18 Å². The second kappa shape index (κ2) is 5.71. The second-order valence-corrected chi connectivity index (χ2v) is 4.74. The molecule has 0 aliphatic rings. The Bertz CT molecular complexity index is 612. The summed E-state index contributed by atoms with van der Waals surface area (Å²) in [7, 11) is 0. The molecule has 1 aromatic heterocycles. The van der Waals surface area contributed by atoms with Gasteiger partial charge in [-0.15, -0.1) is 0 Å². The molecule has 0 saturated heterocycles. The van der Waals surface area contributed by atoms with Crippen LogP contribution in [-0.2, 0) is 12.7 Å². The van der Waals surface area contributed by atoms with Gasteiger partial charge in [-0.2, -0.15) is 13.2 Å². The van der Waals surface area contributed by atoms with Crippen molar-refractivity contribution in [2.45, 2.75) is 19.6 Å². The SMILES string of the molecule is Cc1ccccc1CNc1ncc(C(F)(F)F)cc1Cl. The number of nitrogens with zero attached hydrogens (tertiary/aromatic N) is 1. The fraction of sp³-hybridized carbons (Fsp3) is 0.214. The Morgan fingerprint density at radius 1 is 1.25 bits per heavy atom. The molecule has 0 radical (unpaired) electrons. The van der Waals surface area contributed by atoms with Crippen molar-refractivity contribution in [2.24, 2.45) is 0 Å². The number of anilines is 1. The van der Waals surface area contributed by atoms with E-state index in [4.69, 9.17) is 11.6 Å².